The summed E-state index contributed by atoms with van der Waals surface area (Å²) in [5, 5.41) is 9.50. The van der Waals surface area contributed by atoms with E-state index < -0.39 is 0 Å². The molecule has 1 aromatic heterocycles. The number of hydrogen-bond donors (Lipinski definition) is 3. The maximum atomic E-state index is 12.5. The second kappa shape index (κ2) is 9.28. The lowest BCUT2D eigenvalue weighted by Gasteiger charge is -2.26. The third-order valence-corrected chi connectivity index (χ3v) is 5.39. The number of likely N-dealkylation sites (tertiary alicyclic amines) is 1. The van der Waals surface area contributed by atoms with Gasteiger partial charge in [0.2, 0.25) is 5.91 Å². The molecule has 1 atom stereocenters. The topological polar surface area (TPSA) is 82.2 Å². The van der Waals surface area contributed by atoms with Gasteiger partial charge in [-0.25, -0.2) is 9.97 Å². The van der Waals surface area contributed by atoms with Crippen molar-refractivity contribution in [3.8, 4) is 0 Å². The zero-order chi connectivity index (χ0) is 18.4. The number of nitrogens with one attached hydrogen (secondary N) is 3. The predicted molar refractivity (Wildman–Crippen MR) is 103 cm³/mol. The Labute approximate surface area is 156 Å². The minimum absolute atomic E-state index is 0.121. The van der Waals surface area contributed by atoms with Crippen LogP contribution in [0.15, 0.2) is 6.07 Å². The first kappa shape index (κ1) is 19.0. The lowest BCUT2D eigenvalue weighted by molar-refractivity contribution is -0.123. The number of carbonyl (C=O) groups excluding carboxylic acids is 1. The van der Waals surface area contributed by atoms with Crippen LogP contribution in [0.25, 0.3) is 0 Å². The van der Waals surface area contributed by atoms with E-state index in [0.29, 0.717) is 19.1 Å². The zero-order valence-electron chi connectivity index (χ0n) is 16.1. The summed E-state index contributed by atoms with van der Waals surface area (Å²) in [5.74, 6) is 1.80. The summed E-state index contributed by atoms with van der Waals surface area (Å²) >= 11 is 0. The number of amides is 1. The molecule has 7 nitrogen and oxygen atoms in total. The van der Waals surface area contributed by atoms with E-state index in [1.807, 2.05) is 20.2 Å². The fourth-order valence-corrected chi connectivity index (χ4v) is 4.08. The maximum absolute atomic E-state index is 12.5. The molecule has 2 aliphatic rings. The van der Waals surface area contributed by atoms with Crippen LogP contribution in [-0.2, 0) is 11.3 Å². The van der Waals surface area contributed by atoms with Gasteiger partial charge in [0.25, 0.3) is 0 Å². The molecule has 3 rings (SSSR count). The van der Waals surface area contributed by atoms with Crippen molar-refractivity contribution in [2.24, 2.45) is 0 Å². The van der Waals surface area contributed by atoms with Crippen LogP contribution in [0, 0.1) is 0 Å². The van der Waals surface area contributed by atoms with Crippen LogP contribution in [0.1, 0.15) is 62.5 Å². The van der Waals surface area contributed by atoms with Crippen LogP contribution in [0.2, 0.25) is 0 Å². The van der Waals surface area contributed by atoms with E-state index in [9.17, 15) is 4.79 Å². The van der Waals surface area contributed by atoms with Crippen molar-refractivity contribution in [1.82, 2.24) is 25.5 Å². The van der Waals surface area contributed by atoms with Gasteiger partial charge in [0.15, 0.2) is 0 Å². The van der Waals surface area contributed by atoms with E-state index in [0.717, 1.165) is 49.6 Å². The van der Waals surface area contributed by atoms with Crippen LogP contribution in [-0.4, -0.2) is 54.0 Å². The molecule has 1 unspecified atom stereocenters. The third-order valence-electron chi connectivity index (χ3n) is 5.39. The number of rotatable bonds is 7. The van der Waals surface area contributed by atoms with E-state index in [2.05, 4.69) is 25.8 Å². The van der Waals surface area contributed by atoms with Gasteiger partial charge in [-0.1, -0.05) is 19.3 Å². The number of aromatic nitrogens is 2. The van der Waals surface area contributed by atoms with Crippen LogP contribution in [0.3, 0.4) is 0 Å². The number of carbonyl (C=O) groups is 1. The maximum Gasteiger partial charge on any atom is 0.234 e. The molecule has 1 saturated carbocycles. The number of anilines is 1. The summed E-state index contributed by atoms with van der Waals surface area (Å²) in [6, 6.07) is 2.45. The van der Waals surface area contributed by atoms with E-state index >= 15 is 0 Å². The van der Waals surface area contributed by atoms with Crippen molar-refractivity contribution in [2.75, 3.05) is 32.5 Å². The standard InChI is InChI=1S/C19H32N6O/c1-20-12-15-11-17(21-2)24-19(23-15)16-9-6-10-25(16)13-18(26)22-14-7-4-3-5-8-14/h11,14,16,20H,3-10,12-13H2,1-2H3,(H,22,26)(H,21,23,24). The molecule has 26 heavy (non-hydrogen) atoms. The second-order valence-electron chi connectivity index (χ2n) is 7.41. The van der Waals surface area contributed by atoms with Gasteiger partial charge < -0.3 is 16.0 Å². The van der Waals surface area contributed by atoms with Crippen molar-refractivity contribution in [1.29, 1.82) is 0 Å². The highest BCUT2D eigenvalue weighted by Crippen LogP contribution is 2.30. The molecule has 0 radical (unpaired) electrons. The third kappa shape index (κ3) is 4.92. The number of nitrogens with zero attached hydrogens (tertiary/aromatic N) is 3. The van der Waals surface area contributed by atoms with Crippen LogP contribution in [0.5, 0.6) is 0 Å². The molecular formula is C19H32N6O. The van der Waals surface area contributed by atoms with E-state index in [-0.39, 0.29) is 11.9 Å². The lowest BCUT2D eigenvalue weighted by Crippen LogP contribution is -2.42. The Hall–Kier alpha value is -1.73. The van der Waals surface area contributed by atoms with Gasteiger partial charge in [-0.3, -0.25) is 9.69 Å². The number of hydrogen-bond acceptors (Lipinski definition) is 6. The first-order valence-corrected chi connectivity index (χ1v) is 9.93. The van der Waals surface area contributed by atoms with E-state index in [4.69, 9.17) is 4.98 Å². The zero-order valence-corrected chi connectivity index (χ0v) is 16.1. The summed E-state index contributed by atoms with van der Waals surface area (Å²) in [7, 11) is 3.79. The van der Waals surface area contributed by atoms with E-state index in [1.54, 1.807) is 0 Å². The van der Waals surface area contributed by atoms with Gasteiger partial charge >= 0.3 is 0 Å². The first-order valence-electron chi connectivity index (χ1n) is 9.93. The quantitative estimate of drug-likeness (QED) is 0.688. The summed E-state index contributed by atoms with van der Waals surface area (Å²) in [4.78, 5) is 24.2. The fourth-order valence-electron chi connectivity index (χ4n) is 4.08. The van der Waals surface area contributed by atoms with Crippen molar-refractivity contribution in [2.45, 2.75) is 63.6 Å². The Morgan fingerprint density at radius 1 is 1.15 bits per heavy atom. The van der Waals surface area contributed by atoms with Crippen molar-refractivity contribution < 1.29 is 4.79 Å². The molecule has 3 N–H and O–H groups in total. The molecular weight excluding hydrogens is 328 g/mol. The Balaban J connectivity index is 1.65. The van der Waals surface area contributed by atoms with E-state index in [1.165, 1.54) is 19.3 Å². The minimum Gasteiger partial charge on any atom is -0.373 e. The minimum atomic E-state index is 0.121. The second-order valence-corrected chi connectivity index (χ2v) is 7.41. The molecule has 1 saturated heterocycles. The Morgan fingerprint density at radius 3 is 2.69 bits per heavy atom. The summed E-state index contributed by atoms with van der Waals surface area (Å²) in [5.41, 5.74) is 0.973. The normalized spacial score (nSPS) is 21.7. The smallest absolute Gasteiger partial charge is 0.234 e. The first-order chi connectivity index (χ1) is 12.7. The summed E-state index contributed by atoms with van der Waals surface area (Å²) < 4.78 is 0. The average Bonchev–Trinajstić information content (AvgIpc) is 3.10. The Bertz CT molecular complexity index is 602. The molecule has 1 aliphatic heterocycles. The molecule has 7 heteroatoms. The fraction of sp³-hybridized carbons (Fsp3) is 0.737. The van der Waals surface area contributed by atoms with Gasteiger partial charge in [-0.15, -0.1) is 0 Å². The highest BCUT2D eigenvalue weighted by atomic mass is 16.2. The molecule has 1 amide bonds. The highest BCUT2D eigenvalue weighted by molar-refractivity contribution is 5.78. The van der Waals surface area contributed by atoms with Crippen LogP contribution < -0.4 is 16.0 Å². The summed E-state index contributed by atoms with van der Waals surface area (Å²) in [6.07, 6.45) is 8.09. The Morgan fingerprint density at radius 2 is 1.96 bits per heavy atom. The molecule has 0 bridgehead atoms. The van der Waals surface area contributed by atoms with Crippen molar-refractivity contribution in [3.05, 3.63) is 17.6 Å². The average molecular weight is 361 g/mol. The largest absolute Gasteiger partial charge is 0.373 e. The molecule has 2 fully saturated rings. The van der Waals surface area contributed by atoms with Crippen LogP contribution >= 0.6 is 0 Å². The molecule has 144 valence electrons. The SMILES string of the molecule is CNCc1cc(NC)nc(C2CCCN2CC(=O)NC2CCCCC2)n1. The van der Waals surface area contributed by atoms with Gasteiger partial charge in [0.1, 0.15) is 11.6 Å². The van der Waals surface area contributed by atoms with Crippen molar-refractivity contribution in [3.63, 3.8) is 0 Å². The molecule has 0 spiro atoms. The van der Waals surface area contributed by atoms with Gasteiger partial charge in [0.05, 0.1) is 18.3 Å². The molecule has 0 aromatic carbocycles. The molecule has 2 heterocycles. The molecule has 1 aromatic rings. The highest BCUT2D eigenvalue weighted by Gasteiger charge is 2.30. The van der Waals surface area contributed by atoms with Crippen LogP contribution in [0.4, 0.5) is 5.82 Å². The Kier molecular flexibility index (Phi) is 6.80. The monoisotopic (exact) mass is 360 g/mol. The van der Waals surface area contributed by atoms with Gasteiger partial charge in [-0.05, 0) is 39.3 Å². The van der Waals surface area contributed by atoms with Gasteiger partial charge in [0, 0.05) is 25.7 Å². The van der Waals surface area contributed by atoms with Crippen molar-refractivity contribution >= 4 is 11.7 Å². The summed E-state index contributed by atoms with van der Waals surface area (Å²) in [6.45, 7) is 2.08. The molecule has 1 aliphatic carbocycles. The van der Waals surface area contributed by atoms with Gasteiger partial charge in [-0.2, -0.15) is 0 Å². The predicted octanol–water partition coefficient (Wildman–Crippen LogP) is 1.82. The lowest BCUT2D eigenvalue weighted by atomic mass is 9.95.